The lowest BCUT2D eigenvalue weighted by atomic mass is 10.0. The Morgan fingerprint density at radius 1 is 1.43 bits per heavy atom. The van der Waals surface area contributed by atoms with Crippen molar-refractivity contribution >= 4 is 27.5 Å². The molecule has 1 heterocycles. The molecule has 128 valence electrons. The first-order chi connectivity index (χ1) is 11.1. The smallest absolute Gasteiger partial charge is 0.241 e. The number of hydrogen-bond donors (Lipinski definition) is 2. The highest BCUT2D eigenvalue weighted by atomic mass is 79.9. The van der Waals surface area contributed by atoms with Gasteiger partial charge in [-0.25, -0.2) is 0 Å². The van der Waals surface area contributed by atoms with Gasteiger partial charge in [-0.15, -0.1) is 0 Å². The number of ether oxygens (including phenoxy) is 1. The Hall–Kier alpha value is -0.950. The van der Waals surface area contributed by atoms with E-state index in [1.54, 1.807) is 7.11 Å². The Labute approximate surface area is 146 Å². The molecule has 1 saturated heterocycles. The second-order valence-corrected chi connectivity index (χ2v) is 6.91. The topological polar surface area (TPSA) is 53.6 Å². The lowest BCUT2D eigenvalue weighted by Gasteiger charge is -2.33. The number of methoxy groups -OCH3 is 1. The molecule has 1 aromatic carbocycles. The van der Waals surface area contributed by atoms with Crippen LogP contribution < -0.4 is 10.6 Å². The minimum Gasteiger partial charge on any atom is -0.383 e. The van der Waals surface area contributed by atoms with E-state index in [-0.39, 0.29) is 11.9 Å². The van der Waals surface area contributed by atoms with Gasteiger partial charge in [-0.1, -0.05) is 22.0 Å². The fourth-order valence-electron chi connectivity index (χ4n) is 2.79. The van der Waals surface area contributed by atoms with E-state index < -0.39 is 0 Å². The number of benzene rings is 1. The van der Waals surface area contributed by atoms with Gasteiger partial charge in [0.2, 0.25) is 5.91 Å². The van der Waals surface area contributed by atoms with Crippen LogP contribution in [0.15, 0.2) is 28.7 Å². The molecule has 1 aromatic rings. The first-order valence-electron chi connectivity index (χ1n) is 8.12. The molecular weight excluding hydrogens is 358 g/mol. The van der Waals surface area contributed by atoms with Crippen LogP contribution in [0.1, 0.15) is 19.8 Å². The second kappa shape index (κ2) is 9.37. The summed E-state index contributed by atoms with van der Waals surface area (Å²) in [6.45, 7) is 5.80. The lowest BCUT2D eigenvalue weighted by Crippen LogP contribution is -2.49. The van der Waals surface area contributed by atoms with Gasteiger partial charge in [0.25, 0.3) is 0 Å². The number of nitrogens with one attached hydrogen (secondary N) is 2. The third-order valence-electron chi connectivity index (χ3n) is 4.17. The molecule has 0 radical (unpaired) electrons. The van der Waals surface area contributed by atoms with E-state index in [2.05, 4.69) is 31.5 Å². The van der Waals surface area contributed by atoms with Crippen LogP contribution in [-0.4, -0.2) is 56.2 Å². The summed E-state index contributed by atoms with van der Waals surface area (Å²) in [5, 5.41) is 6.40. The molecule has 0 saturated carbocycles. The second-order valence-electron chi connectivity index (χ2n) is 6.00. The average molecular weight is 384 g/mol. The van der Waals surface area contributed by atoms with Crippen LogP contribution in [0.5, 0.6) is 0 Å². The molecule has 2 rings (SSSR count). The van der Waals surface area contributed by atoms with Crippen molar-refractivity contribution in [3.8, 4) is 0 Å². The number of carbonyl (C=O) groups is 1. The molecule has 23 heavy (non-hydrogen) atoms. The summed E-state index contributed by atoms with van der Waals surface area (Å²) < 4.78 is 6.08. The van der Waals surface area contributed by atoms with E-state index in [9.17, 15) is 4.79 Å². The van der Waals surface area contributed by atoms with E-state index in [1.807, 2.05) is 31.2 Å². The maximum Gasteiger partial charge on any atom is 0.241 e. The summed E-state index contributed by atoms with van der Waals surface area (Å²) in [5.41, 5.74) is 0.812. The minimum absolute atomic E-state index is 0.00455. The van der Waals surface area contributed by atoms with Gasteiger partial charge in [0, 0.05) is 29.9 Å². The maximum atomic E-state index is 12.3. The summed E-state index contributed by atoms with van der Waals surface area (Å²) in [7, 11) is 1.74. The van der Waals surface area contributed by atoms with Crippen LogP contribution in [0, 0.1) is 0 Å². The highest BCUT2D eigenvalue weighted by Crippen LogP contribution is 2.16. The van der Waals surface area contributed by atoms with Crippen molar-refractivity contribution in [2.45, 2.75) is 31.8 Å². The lowest BCUT2D eigenvalue weighted by molar-refractivity contribution is -0.118. The largest absolute Gasteiger partial charge is 0.383 e. The zero-order chi connectivity index (χ0) is 16.7. The van der Waals surface area contributed by atoms with Crippen molar-refractivity contribution in [1.29, 1.82) is 0 Å². The van der Waals surface area contributed by atoms with E-state index in [0.717, 1.165) is 49.2 Å². The standard InChI is InChI=1S/C17H26BrN3O2/c1-13(17(22)20-16-5-3-4-14(18)12-16)19-15-6-8-21(9-7-15)10-11-23-2/h3-5,12-13,15,19H,6-11H2,1-2H3,(H,20,22). The molecule has 1 aliphatic rings. The van der Waals surface area contributed by atoms with Crippen molar-refractivity contribution < 1.29 is 9.53 Å². The van der Waals surface area contributed by atoms with Crippen LogP contribution in [0.2, 0.25) is 0 Å². The van der Waals surface area contributed by atoms with Gasteiger partial charge in [0.05, 0.1) is 12.6 Å². The number of likely N-dealkylation sites (tertiary alicyclic amines) is 1. The first-order valence-corrected chi connectivity index (χ1v) is 8.91. The number of amides is 1. The number of halogens is 1. The minimum atomic E-state index is -0.204. The Balaban J connectivity index is 1.74. The Bertz CT molecular complexity index is 504. The number of carbonyl (C=O) groups excluding carboxylic acids is 1. The van der Waals surface area contributed by atoms with Crippen molar-refractivity contribution in [1.82, 2.24) is 10.2 Å². The van der Waals surface area contributed by atoms with Gasteiger partial charge < -0.3 is 20.3 Å². The molecule has 1 unspecified atom stereocenters. The molecule has 5 nitrogen and oxygen atoms in total. The fraction of sp³-hybridized carbons (Fsp3) is 0.588. The molecule has 6 heteroatoms. The van der Waals surface area contributed by atoms with Gasteiger partial charge in [0.15, 0.2) is 0 Å². The zero-order valence-electron chi connectivity index (χ0n) is 13.8. The van der Waals surface area contributed by atoms with Crippen LogP contribution in [0.4, 0.5) is 5.69 Å². The van der Waals surface area contributed by atoms with Crippen molar-refractivity contribution in [2.24, 2.45) is 0 Å². The molecule has 0 aliphatic carbocycles. The van der Waals surface area contributed by atoms with E-state index in [0.29, 0.717) is 6.04 Å². The zero-order valence-corrected chi connectivity index (χ0v) is 15.4. The first kappa shape index (κ1) is 18.4. The van der Waals surface area contributed by atoms with Crippen molar-refractivity contribution in [3.05, 3.63) is 28.7 Å². The van der Waals surface area contributed by atoms with E-state index in [4.69, 9.17) is 4.74 Å². The molecular formula is C17H26BrN3O2. The number of nitrogens with zero attached hydrogens (tertiary/aromatic N) is 1. The van der Waals surface area contributed by atoms with Crippen molar-refractivity contribution in [3.63, 3.8) is 0 Å². The fourth-order valence-corrected chi connectivity index (χ4v) is 3.19. The summed E-state index contributed by atoms with van der Waals surface area (Å²) in [5.74, 6) is 0.00455. The van der Waals surface area contributed by atoms with E-state index in [1.165, 1.54) is 0 Å². The van der Waals surface area contributed by atoms with Crippen LogP contribution in [-0.2, 0) is 9.53 Å². The molecule has 1 amide bonds. The Morgan fingerprint density at radius 3 is 2.83 bits per heavy atom. The average Bonchev–Trinajstić information content (AvgIpc) is 2.54. The Morgan fingerprint density at radius 2 is 2.17 bits per heavy atom. The summed E-state index contributed by atoms with van der Waals surface area (Å²) in [6.07, 6.45) is 2.14. The predicted molar refractivity (Wildman–Crippen MR) is 96.7 cm³/mol. The number of rotatable bonds is 7. The molecule has 0 bridgehead atoms. The summed E-state index contributed by atoms with van der Waals surface area (Å²) in [4.78, 5) is 14.7. The van der Waals surface area contributed by atoms with E-state index >= 15 is 0 Å². The van der Waals surface area contributed by atoms with Crippen molar-refractivity contribution in [2.75, 3.05) is 38.7 Å². The normalized spacial score (nSPS) is 17.9. The van der Waals surface area contributed by atoms with Gasteiger partial charge in [-0.05, 0) is 51.1 Å². The molecule has 1 atom stereocenters. The molecule has 0 aromatic heterocycles. The number of hydrogen-bond acceptors (Lipinski definition) is 4. The molecule has 0 spiro atoms. The third kappa shape index (κ3) is 6.22. The Kier molecular flexibility index (Phi) is 7.49. The molecule has 2 N–H and O–H groups in total. The molecule has 1 aliphatic heterocycles. The van der Waals surface area contributed by atoms with Crippen LogP contribution in [0.25, 0.3) is 0 Å². The SMILES string of the molecule is COCCN1CCC(NC(C)C(=O)Nc2cccc(Br)c2)CC1. The summed E-state index contributed by atoms with van der Waals surface area (Å²) >= 11 is 3.41. The number of anilines is 1. The van der Waals surface area contributed by atoms with Crippen LogP contribution in [0.3, 0.4) is 0 Å². The quantitative estimate of drug-likeness (QED) is 0.759. The molecule has 1 fully saturated rings. The predicted octanol–water partition coefficient (Wildman–Crippen LogP) is 2.48. The van der Waals surface area contributed by atoms with Crippen LogP contribution >= 0.6 is 15.9 Å². The van der Waals surface area contributed by atoms with Gasteiger partial charge in [0.1, 0.15) is 0 Å². The third-order valence-corrected chi connectivity index (χ3v) is 4.66. The van der Waals surface area contributed by atoms with Gasteiger partial charge in [-0.3, -0.25) is 4.79 Å². The maximum absolute atomic E-state index is 12.3. The summed E-state index contributed by atoms with van der Waals surface area (Å²) in [6, 6.07) is 7.84. The van der Waals surface area contributed by atoms with Gasteiger partial charge >= 0.3 is 0 Å². The highest BCUT2D eigenvalue weighted by molar-refractivity contribution is 9.10. The number of piperidine rings is 1. The highest BCUT2D eigenvalue weighted by Gasteiger charge is 2.22. The monoisotopic (exact) mass is 383 g/mol. The van der Waals surface area contributed by atoms with Gasteiger partial charge in [-0.2, -0.15) is 0 Å².